The first-order valence-corrected chi connectivity index (χ1v) is 8.22. The van der Waals surface area contributed by atoms with Gasteiger partial charge in [0.25, 0.3) is 11.8 Å². The minimum absolute atomic E-state index is 0.0242. The molecule has 1 heterocycles. The van der Waals surface area contributed by atoms with Gasteiger partial charge in [0.15, 0.2) is 0 Å². The fourth-order valence-electron chi connectivity index (χ4n) is 2.53. The molecule has 0 unspecified atom stereocenters. The van der Waals surface area contributed by atoms with Crippen LogP contribution in [0.3, 0.4) is 0 Å². The molecule has 3 rings (SSSR count). The standard InChI is InChI=1S/C19H15ClN2O5/c1-26-14-9-5-12(6-10-14)21-16-15(20)17(23)22(18(16)24)13-7-3-11(4-8-13)19(25)27-2/h3-10,21H,1-2H3. The Morgan fingerprint density at radius 3 is 2.15 bits per heavy atom. The Balaban J connectivity index is 1.83. The Morgan fingerprint density at radius 2 is 1.59 bits per heavy atom. The van der Waals surface area contributed by atoms with E-state index in [4.69, 9.17) is 16.3 Å². The first-order valence-electron chi connectivity index (χ1n) is 7.84. The van der Waals surface area contributed by atoms with Gasteiger partial charge in [0, 0.05) is 5.69 Å². The molecule has 27 heavy (non-hydrogen) atoms. The van der Waals surface area contributed by atoms with Gasteiger partial charge in [0.1, 0.15) is 16.5 Å². The summed E-state index contributed by atoms with van der Waals surface area (Å²) in [6.45, 7) is 0. The van der Waals surface area contributed by atoms with E-state index in [2.05, 4.69) is 10.1 Å². The van der Waals surface area contributed by atoms with Crippen LogP contribution in [0, 0.1) is 0 Å². The lowest BCUT2D eigenvalue weighted by Crippen LogP contribution is -2.32. The average molecular weight is 387 g/mol. The summed E-state index contributed by atoms with van der Waals surface area (Å²) in [7, 11) is 2.81. The Kier molecular flexibility index (Phi) is 5.14. The number of rotatable bonds is 5. The predicted molar refractivity (Wildman–Crippen MR) is 99.8 cm³/mol. The number of halogens is 1. The minimum atomic E-state index is -0.650. The molecule has 8 heteroatoms. The number of nitrogens with zero attached hydrogens (tertiary/aromatic N) is 1. The predicted octanol–water partition coefficient (Wildman–Crippen LogP) is 2.92. The number of carbonyl (C=O) groups excluding carboxylic acids is 3. The first kappa shape index (κ1) is 18.5. The zero-order valence-corrected chi connectivity index (χ0v) is 15.2. The van der Waals surface area contributed by atoms with Crippen LogP contribution >= 0.6 is 11.6 Å². The van der Waals surface area contributed by atoms with E-state index in [9.17, 15) is 14.4 Å². The molecule has 138 valence electrons. The van der Waals surface area contributed by atoms with Gasteiger partial charge < -0.3 is 14.8 Å². The molecule has 1 aliphatic rings. The number of carbonyl (C=O) groups is 3. The first-order chi connectivity index (χ1) is 13.0. The van der Waals surface area contributed by atoms with E-state index in [1.165, 1.54) is 31.4 Å². The number of esters is 1. The van der Waals surface area contributed by atoms with Gasteiger partial charge in [-0.2, -0.15) is 0 Å². The normalized spacial score (nSPS) is 13.8. The van der Waals surface area contributed by atoms with E-state index in [0.717, 1.165) is 4.90 Å². The van der Waals surface area contributed by atoms with E-state index in [-0.39, 0.29) is 10.7 Å². The van der Waals surface area contributed by atoms with E-state index in [0.29, 0.717) is 22.7 Å². The minimum Gasteiger partial charge on any atom is -0.497 e. The second-order valence-electron chi connectivity index (χ2n) is 5.53. The van der Waals surface area contributed by atoms with Crippen LogP contribution < -0.4 is 15.0 Å². The van der Waals surface area contributed by atoms with E-state index < -0.39 is 17.8 Å². The van der Waals surface area contributed by atoms with Crippen LogP contribution in [0.4, 0.5) is 11.4 Å². The third kappa shape index (κ3) is 3.50. The number of hydrogen-bond donors (Lipinski definition) is 1. The summed E-state index contributed by atoms with van der Waals surface area (Å²) in [5.74, 6) is -1.10. The van der Waals surface area contributed by atoms with Crippen LogP contribution in [-0.4, -0.2) is 32.0 Å². The highest BCUT2D eigenvalue weighted by Gasteiger charge is 2.39. The van der Waals surface area contributed by atoms with Crippen LogP contribution in [0.1, 0.15) is 10.4 Å². The SMILES string of the molecule is COC(=O)c1ccc(N2C(=O)C(Cl)=C(Nc3ccc(OC)cc3)C2=O)cc1. The highest BCUT2D eigenvalue weighted by molar-refractivity contribution is 6.53. The number of methoxy groups -OCH3 is 2. The monoisotopic (exact) mass is 386 g/mol. The summed E-state index contributed by atoms with van der Waals surface area (Å²) < 4.78 is 9.71. The van der Waals surface area contributed by atoms with Crippen molar-refractivity contribution in [3.8, 4) is 5.75 Å². The van der Waals surface area contributed by atoms with Crippen LogP contribution in [0.2, 0.25) is 0 Å². The molecule has 2 aromatic carbocycles. The van der Waals surface area contributed by atoms with Crippen molar-refractivity contribution in [1.82, 2.24) is 0 Å². The number of ether oxygens (including phenoxy) is 2. The summed E-state index contributed by atoms with van der Waals surface area (Å²) in [6.07, 6.45) is 0. The fraction of sp³-hybridized carbons (Fsp3) is 0.105. The van der Waals surface area contributed by atoms with Crippen molar-refractivity contribution in [2.45, 2.75) is 0 Å². The van der Waals surface area contributed by atoms with E-state index in [1.54, 1.807) is 31.4 Å². The number of amides is 2. The highest BCUT2D eigenvalue weighted by Crippen LogP contribution is 2.30. The molecule has 2 amide bonds. The van der Waals surface area contributed by atoms with Crippen LogP contribution in [0.5, 0.6) is 5.75 Å². The summed E-state index contributed by atoms with van der Waals surface area (Å²) in [6, 6.07) is 12.7. The van der Waals surface area contributed by atoms with Crippen molar-refractivity contribution >= 4 is 40.8 Å². The van der Waals surface area contributed by atoms with Gasteiger partial charge in [0.2, 0.25) is 0 Å². The van der Waals surface area contributed by atoms with E-state index in [1.807, 2.05) is 0 Å². The Labute approximate surface area is 160 Å². The summed E-state index contributed by atoms with van der Waals surface area (Å²) >= 11 is 6.09. The maximum atomic E-state index is 12.7. The molecule has 0 aromatic heterocycles. The summed E-state index contributed by atoms with van der Waals surface area (Å²) in [5.41, 5.74) is 1.15. The third-order valence-electron chi connectivity index (χ3n) is 3.93. The zero-order valence-electron chi connectivity index (χ0n) is 14.5. The zero-order chi connectivity index (χ0) is 19.6. The molecule has 0 bridgehead atoms. The molecular weight excluding hydrogens is 372 g/mol. The van der Waals surface area contributed by atoms with Crippen molar-refractivity contribution in [3.05, 3.63) is 64.8 Å². The second-order valence-corrected chi connectivity index (χ2v) is 5.90. The van der Waals surface area contributed by atoms with Gasteiger partial charge in [-0.3, -0.25) is 9.59 Å². The van der Waals surface area contributed by atoms with Gasteiger partial charge in [0.05, 0.1) is 25.5 Å². The average Bonchev–Trinajstić information content (AvgIpc) is 2.91. The molecule has 0 radical (unpaired) electrons. The number of anilines is 2. The number of imide groups is 1. The topological polar surface area (TPSA) is 84.9 Å². The maximum Gasteiger partial charge on any atom is 0.337 e. The third-order valence-corrected chi connectivity index (χ3v) is 4.28. The highest BCUT2D eigenvalue weighted by atomic mass is 35.5. The number of benzene rings is 2. The molecular formula is C19H15ClN2O5. The smallest absolute Gasteiger partial charge is 0.337 e. The Bertz CT molecular complexity index is 936. The number of hydrogen-bond acceptors (Lipinski definition) is 6. The molecule has 0 atom stereocenters. The van der Waals surface area contributed by atoms with Gasteiger partial charge in [-0.1, -0.05) is 11.6 Å². The van der Waals surface area contributed by atoms with Crippen LogP contribution in [0.15, 0.2) is 59.3 Å². The van der Waals surface area contributed by atoms with Crippen molar-refractivity contribution < 1.29 is 23.9 Å². The lowest BCUT2D eigenvalue weighted by molar-refractivity contribution is -0.120. The van der Waals surface area contributed by atoms with Gasteiger partial charge in [-0.15, -0.1) is 0 Å². The van der Waals surface area contributed by atoms with Gasteiger partial charge >= 0.3 is 5.97 Å². The van der Waals surface area contributed by atoms with Crippen molar-refractivity contribution in [2.24, 2.45) is 0 Å². The number of nitrogens with one attached hydrogen (secondary N) is 1. The maximum absolute atomic E-state index is 12.7. The summed E-state index contributed by atoms with van der Waals surface area (Å²) in [4.78, 5) is 37.6. The van der Waals surface area contributed by atoms with E-state index >= 15 is 0 Å². The Hall–Kier alpha value is -3.32. The lowest BCUT2D eigenvalue weighted by atomic mass is 10.2. The largest absolute Gasteiger partial charge is 0.497 e. The molecule has 1 aliphatic heterocycles. The molecule has 0 saturated carbocycles. The van der Waals surface area contributed by atoms with Crippen molar-refractivity contribution in [2.75, 3.05) is 24.4 Å². The van der Waals surface area contributed by atoms with Crippen LogP contribution in [0.25, 0.3) is 0 Å². The molecule has 0 fully saturated rings. The van der Waals surface area contributed by atoms with Crippen molar-refractivity contribution in [1.29, 1.82) is 0 Å². The molecule has 0 saturated heterocycles. The lowest BCUT2D eigenvalue weighted by Gasteiger charge is -2.15. The second kappa shape index (κ2) is 7.51. The van der Waals surface area contributed by atoms with Gasteiger partial charge in [-0.25, -0.2) is 9.69 Å². The molecule has 2 aromatic rings. The fourth-order valence-corrected chi connectivity index (χ4v) is 2.74. The van der Waals surface area contributed by atoms with Crippen molar-refractivity contribution in [3.63, 3.8) is 0 Å². The summed E-state index contributed by atoms with van der Waals surface area (Å²) in [5, 5.41) is 2.65. The molecule has 0 spiro atoms. The molecule has 7 nitrogen and oxygen atoms in total. The molecule has 1 N–H and O–H groups in total. The Morgan fingerprint density at radius 1 is 0.963 bits per heavy atom. The quantitative estimate of drug-likeness (QED) is 0.628. The van der Waals surface area contributed by atoms with Gasteiger partial charge in [-0.05, 0) is 48.5 Å². The molecule has 0 aliphatic carbocycles. The van der Waals surface area contributed by atoms with Crippen LogP contribution in [-0.2, 0) is 14.3 Å².